The van der Waals surface area contributed by atoms with E-state index in [1.165, 1.54) is 0 Å². The Kier molecular flexibility index (Phi) is 2.70. The largest absolute Gasteiger partial charge is 0.461 e. The van der Waals surface area contributed by atoms with E-state index in [1.807, 2.05) is 39.0 Å². The van der Waals surface area contributed by atoms with E-state index in [1.54, 1.807) is 12.1 Å². The first-order valence-corrected chi connectivity index (χ1v) is 5.43. The van der Waals surface area contributed by atoms with Crippen molar-refractivity contribution in [3.05, 3.63) is 35.9 Å². The summed E-state index contributed by atoms with van der Waals surface area (Å²) < 4.78 is 19.1. The summed E-state index contributed by atoms with van der Waals surface area (Å²) in [5, 5.41) is 0. The van der Waals surface area contributed by atoms with Gasteiger partial charge in [0.05, 0.1) is 5.54 Å². The highest BCUT2D eigenvalue weighted by atomic mass is 19.1. The second-order valence-corrected chi connectivity index (χ2v) is 4.97. The Morgan fingerprint density at radius 1 is 1.25 bits per heavy atom. The van der Waals surface area contributed by atoms with E-state index in [4.69, 9.17) is 4.74 Å². The lowest BCUT2D eigenvalue weighted by Gasteiger charge is -2.08. The van der Waals surface area contributed by atoms with Crippen LogP contribution in [0.25, 0.3) is 0 Å². The average molecular weight is 221 g/mol. The van der Waals surface area contributed by atoms with Crippen LogP contribution in [0.2, 0.25) is 0 Å². The molecule has 0 unspecified atom stereocenters. The molecule has 0 radical (unpaired) electrons. The van der Waals surface area contributed by atoms with Crippen molar-refractivity contribution in [2.45, 2.75) is 38.6 Å². The predicted molar refractivity (Wildman–Crippen MR) is 62.4 cm³/mol. The van der Waals surface area contributed by atoms with Gasteiger partial charge in [-0.05, 0) is 26.3 Å². The molecule has 3 heteroatoms. The number of ether oxygens (including phenoxy) is 1. The number of alkyl halides is 1. The highest BCUT2D eigenvalue weighted by Crippen LogP contribution is 2.34. The fourth-order valence-electron chi connectivity index (χ4n) is 1.51. The van der Waals surface area contributed by atoms with Gasteiger partial charge in [0, 0.05) is 0 Å². The molecule has 1 saturated heterocycles. The molecule has 2 atom stereocenters. The van der Waals surface area contributed by atoms with Crippen LogP contribution in [-0.4, -0.2) is 17.5 Å². The lowest BCUT2D eigenvalue weighted by molar-refractivity contribution is 0.256. The number of epoxide rings is 1. The summed E-state index contributed by atoms with van der Waals surface area (Å²) in [6.07, 6.45) is -1.59. The van der Waals surface area contributed by atoms with Gasteiger partial charge in [-0.25, -0.2) is 9.38 Å². The molecular weight excluding hydrogens is 205 g/mol. The van der Waals surface area contributed by atoms with Gasteiger partial charge < -0.3 is 4.74 Å². The summed E-state index contributed by atoms with van der Waals surface area (Å²) in [7, 11) is 0. The van der Waals surface area contributed by atoms with Crippen LogP contribution in [0.5, 0.6) is 0 Å². The SMILES string of the molecule is CC(C)(C)N=C1O[C@@H]1[C@@H](F)c1ccccc1. The molecule has 16 heavy (non-hydrogen) atoms. The third-order valence-electron chi connectivity index (χ3n) is 2.26. The van der Waals surface area contributed by atoms with Crippen molar-refractivity contribution < 1.29 is 9.13 Å². The van der Waals surface area contributed by atoms with Crippen molar-refractivity contribution in [1.29, 1.82) is 0 Å². The predicted octanol–water partition coefficient (Wildman–Crippen LogP) is 3.29. The molecule has 1 heterocycles. The second kappa shape index (κ2) is 3.89. The third-order valence-corrected chi connectivity index (χ3v) is 2.26. The minimum absolute atomic E-state index is 0.208. The number of aliphatic imine (C=N–C) groups is 1. The first-order chi connectivity index (χ1) is 7.47. The van der Waals surface area contributed by atoms with Gasteiger partial charge in [-0.3, -0.25) is 0 Å². The molecule has 1 aliphatic rings. The van der Waals surface area contributed by atoms with Crippen molar-refractivity contribution in [1.82, 2.24) is 0 Å². The Morgan fingerprint density at radius 3 is 2.44 bits per heavy atom. The molecule has 0 amide bonds. The first-order valence-electron chi connectivity index (χ1n) is 5.43. The maximum Gasteiger partial charge on any atom is 0.230 e. The van der Waals surface area contributed by atoms with E-state index in [-0.39, 0.29) is 5.54 Å². The van der Waals surface area contributed by atoms with Gasteiger partial charge in [-0.2, -0.15) is 0 Å². The van der Waals surface area contributed by atoms with Crippen LogP contribution < -0.4 is 0 Å². The van der Waals surface area contributed by atoms with Crippen molar-refractivity contribution in [3.63, 3.8) is 0 Å². The topological polar surface area (TPSA) is 24.9 Å². The number of rotatable bonds is 2. The quantitative estimate of drug-likeness (QED) is 0.703. The summed E-state index contributed by atoms with van der Waals surface area (Å²) in [5.41, 5.74) is 0.437. The Bertz CT molecular complexity index is 394. The van der Waals surface area contributed by atoms with Crippen molar-refractivity contribution in [2.75, 3.05) is 0 Å². The van der Waals surface area contributed by atoms with E-state index >= 15 is 0 Å². The van der Waals surface area contributed by atoms with E-state index in [0.717, 1.165) is 0 Å². The molecule has 1 aromatic carbocycles. The molecule has 0 spiro atoms. The number of hydrogen-bond acceptors (Lipinski definition) is 2. The Hall–Kier alpha value is -1.38. The molecule has 0 aliphatic carbocycles. The van der Waals surface area contributed by atoms with Gasteiger partial charge in [0.1, 0.15) is 0 Å². The average Bonchev–Trinajstić information content (AvgIpc) is 2.95. The van der Waals surface area contributed by atoms with E-state index in [0.29, 0.717) is 11.5 Å². The van der Waals surface area contributed by atoms with Crippen LogP contribution >= 0.6 is 0 Å². The number of benzene rings is 1. The smallest absolute Gasteiger partial charge is 0.230 e. The Labute approximate surface area is 95.2 Å². The maximum atomic E-state index is 13.9. The zero-order valence-corrected chi connectivity index (χ0v) is 9.77. The summed E-state index contributed by atoms with van der Waals surface area (Å²) >= 11 is 0. The highest BCUT2D eigenvalue weighted by molar-refractivity contribution is 5.94. The molecule has 0 N–H and O–H groups in total. The van der Waals surface area contributed by atoms with Crippen LogP contribution in [0.15, 0.2) is 35.3 Å². The van der Waals surface area contributed by atoms with Gasteiger partial charge in [0.2, 0.25) is 12.0 Å². The maximum absolute atomic E-state index is 13.9. The van der Waals surface area contributed by atoms with Crippen LogP contribution in [0.3, 0.4) is 0 Å². The molecule has 1 aromatic rings. The molecule has 2 rings (SSSR count). The number of nitrogens with zero attached hydrogens (tertiary/aromatic N) is 1. The second-order valence-electron chi connectivity index (χ2n) is 4.97. The zero-order valence-electron chi connectivity index (χ0n) is 9.77. The summed E-state index contributed by atoms with van der Waals surface area (Å²) in [5.74, 6) is 0.531. The summed E-state index contributed by atoms with van der Waals surface area (Å²) in [6, 6.07) is 9.05. The normalized spacial score (nSPS) is 24.0. The van der Waals surface area contributed by atoms with Crippen LogP contribution in [0.1, 0.15) is 32.5 Å². The standard InChI is InChI=1S/C13H16FNO/c1-13(2,3)15-12-11(16-12)10(14)9-7-5-4-6-8-9/h4-8,10-11H,1-3H3/t10-,11+/m0/s1. The molecular formula is C13H16FNO. The molecule has 0 bridgehead atoms. The lowest BCUT2D eigenvalue weighted by atomic mass is 10.1. The fourth-order valence-corrected chi connectivity index (χ4v) is 1.51. The third kappa shape index (κ3) is 2.60. The van der Waals surface area contributed by atoms with Gasteiger partial charge >= 0.3 is 0 Å². The molecule has 1 aliphatic heterocycles. The van der Waals surface area contributed by atoms with E-state index in [9.17, 15) is 4.39 Å². The number of halogens is 1. The van der Waals surface area contributed by atoms with Crippen molar-refractivity contribution in [2.24, 2.45) is 4.99 Å². The highest BCUT2D eigenvalue weighted by Gasteiger charge is 2.44. The summed E-state index contributed by atoms with van der Waals surface area (Å²) in [4.78, 5) is 4.30. The lowest BCUT2D eigenvalue weighted by Crippen LogP contribution is -2.11. The molecule has 86 valence electrons. The monoisotopic (exact) mass is 221 g/mol. The molecule has 0 saturated carbocycles. The minimum atomic E-state index is -1.11. The van der Waals surface area contributed by atoms with E-state index < -0.39 is 12.3 Å². The van der Waals surface area contributed by atoms with Crippen LogP contribution in [-0.2, 0) is 4.74 Å². The van der Waals surface area contributed by atoms with Crippen LogP contribution in [0, 0.1) is 0 Å². The van der Waals surface area contributed by atoms with Gasteiger partial charge in [-0.15, -0.1) is 0 Å². The first kappa shape index (κ1) is 11.1. The van der Waals surface area contributed by atoms with Gasteiger partial charge in [0.25, 0.3) is 0 Å². The molecule has 1 fully saturated rings. The Morgan fingerprint density at radius 2 is 1.88 bits per heavy atom. The van der Waals surface area contributed by atoms with Gasteiger partial charge in [0.15, 0.2) is 6.17 Å². The fraction of sp³-hybridized carbons (Fsp3) is 0.462. The Balaban J connectivity index is 2.05. The number of hydrogen-bond donors (Lipinski definition) is 0. The zero-order chi connectivity index (χ0) is 11.8. The minimum Gasteiger partial charge on any atom is -0.461 e. The molecule has 0 aromatic heterocycles. The van der Waals surface area contributed by atoms with Crippen LogP contribution in [0.4, 0.5) is 4.39 Å². The summed E-state index contributed by atoms with van der Waals surface area (Å²) in [6.45, 7) is 5.90. The van der Waals surface area contributed by atoms with Crippen molar-refractivity contribution >= 4 is 5.90 Å². The van der Waals surface area contributed by atoms with Gasteiger partial charge in [-0.1, -0.05) is 30.3 Å². The van der Waals surface area contributed by atoms with E-state index in [2.05, 4.69) is 4.99 Å². The van der Waals surface area contributed by atoms with Crippen molar-refractivity contribution in [3.8, 4) is 0 Å². The molecule has 2 nitrogen and oxygen atoms in total.